The van der Waals surface area contributed by atoms with Crippen LogP contribution in [0.15, 0.2) is 53.4 Å². The van der Waals surface area contributed by atoms with E-state index in [4.69, 9.17) is 11.6 Å². The zero-order chi connectivity index (χ0) is 21.9. The molecule has 1 saturated heterocycles. The SMILES string of the molecule is CC(C)C(=O)Nc1ccc(C(=O)N2CCN(S(=O)(=O)c3ccc(Cl)cc3)CC2)cc1. The smallest absolute Gasteiger partial charge is 0.253 e. The topological polar surface area (TPSA) is 86.8 Å². The molecule has 1 fully saturated rings. The summed E-state index contributed by atoms with van der Waals surface area (Å²) in [5.74, 6) is -0.390. The summed E-state index contributed by atoms with van der Waals surface area (Å²) in [5, 5.41) is 3.25. The monoisotopic (exact) mass is 449 g/mol. The van der Waals surface area contributed by atoms with Crippen LogP contribution in [0.2, 0.25) is 5.02 Å². The average molecular weight is 450 g/mol. The second-order valence-electron chi connectivity index (χ2n) is 7.37. The Kier molecular flexibility index (Phi) is 6.80. The Balaban J connectivity index is 1.61. The molecule has 1 heterocycles. The second kappa shape index (κ2) is 9.16. The normalized spacial score (nSPS) is 15.3. The molecule has 2 aromatic rings. The summed E-state index contributed by atoms with van der Waals surface area (Å²) in [5.41, 5.74) is 1.12. The minimum atomic E-state index is -3.62. The van der Waals surface area contributed by atoms with Crippen LogP contribution in [0.25, 0.3) is 0 Å². The van der Waals surface area contributed by atoms with Gasteiger partial charge in [-0.15, -0.1) is 0 Å². The molecule has 2 aromatic carbocycles. The molecule has 7 nitrogen and oxygen atoms in total. The number of hydrogen-bond donors (Lipinski definition) is 1. The Labute approximate surface area is 181 Å². The van der Waals surface area contributed by atoms with Gasteiger partial charge in [-0.2, -0.15) is 4.31 Å². The van der Waals surface area contributed by atoms with Crippen molar-refractivity contribution < 1.29 is 18.0 Å². The standard InChI is InChI=1S/C21H24ClN3O4S/c1-15(2)20(26)23-18-7-3-16(4-8-18)21(27)24-11-13-25(14-12-24)30(28,29)19-9-5-17(22)6-10-19/h3-10,15H,11-14H2,1-2H3,(H,23,26). The van der Waals surface area contributed by atoms with Crippen molar-refractivity contribution in [2.24, 2.45) is 5.92 Å². The molecule has 0 aromatic heterocycles. The van der Waals surface area contributed by atoms with Crippen LogP contribution in [-0.2, 0) is 14.8 Å². The summed E-state index contributed by atoms with van der Waals surface area (Å²) in [4.78, 5) is 26.3. The third kappa shape index (κ3) is 5.00. The van der Waals surface area contributed by atoms with Gasteiger partial charge in [-0.3, -0.25) is 9.59 Å². The van der Waals surface area contributed by atoms with E-state index < -0.39 is 10.0 Å². The van der Waals surface area contributed by atoms with Gasteiger partial charge >= 0.3 is 0 Å². The molecule has 0 atom stereocenters. The van der Waals surface area contributed by atoms with Gasteiger partial charge < -0.3 is 10.2 Å². The predicted molar refractivity (Wildman–Crippen MR) is 116 cm³/mol. The fourth-order valence-corrected chi connectivity index (χ4v) is 4.60. The molecule has 0 unspecified atom stereocenters. The van der Waals surface area contributed by atoms with Crippen molar-refractivity contribution in [1.29, 1.82) is 0 Å². The zero-order valence-electron chi connectivity index (χ0n) is 16.8. The molecule has 9 heteroatoms. The molecule has 1 aliphatic heterocycles. The van der Waals surface area contributed by atoms with Gasteiger partial charge in [0.2, 0.25) is 15.9 Å². The van der Waals surface area contributed by atoms with E-state index in [-0.39, 0.29) is 35.7 Å². The van der Waals surface area contributed by atoms with Crippen molar-refractivity contribution in [3.05, 3.63) is 59.1 Å². The Morgan fingerprint density at radius 3 is 2.03 bits per heavy atom. The molecule has 1 N–H and O–H groups in total. The molecule has 30 heavy (non-hydrogen) atoms. The van der Waals surface area contributed by atoms with Crippen LogP contribution >= 0.6 is 11.6 Å². The Morgan fingerprint density at radius 1 is 0.933 bits per heavy atom. The Bertz CT molecular complexity index is 1010. The molecule has 0 saturated carbocycles. The number of halogens is 1. The number of amides is 2. The number of nitrogens with one attached hydrogen (secondary N) is 1. The molecule has 2 amide bonds. The summed E-state index contributed by atoms with van der Waals surface area (Å²) in [6.07, 6.45) is 0. The van der Waals surface area contributed by atoms with Gasteiger partial charge in [-0.1, -0.05) is 25.4 Å². The molecule has 160 valence electrons. The quantitative estimate of drug-likeness (QED) is 0.759. The lowest BCUT2D eigenvalue weighted by Gasteiger charge is -2.34. The number of sulfonamides is 1. The fourth-order valence-electron chi connectivity index (χ4n) is 3.05. The van der Waals surface area contributed by atoms with E-state index in [9.17, 15) is 18.0 Å². The largest absolute Gasteiger partial charge is 0.336 e. The highest BCUT2D eigenvalue weighted by atomic mass is 35.5. The maximum absolute atomic E-state index is 12.8. The lowest BCUT2D eigenvalue weighted by Crippen LogP contribution is -2.50. The van der Waals surface area contributed by atoms with Gasteiger partial charge in [0, 0.05) is 48.4 Å². The first-order valence-corrected chi connectivity index (χ1v) is 11.5. The molecule has 0 bridgehead atoms. The van der Waals surface area contributed by atoms with Crippen LogP contribution in [0.4, 0.5) is 5.69 Å². The first-order chi connectivity index (χ1) is 14.2. The van der Waals surface area contributed by atoms with Gasteiger partial charge in [0.25, 0.3) is 5.91 Å². The molecular weight excluding hydrogens is 426 g/mol. The van der Waals surface area contributed by atoms with Crippen molar-refractivity contribution in [2.75, 3.05) is 31.5 Å². The van der Waals surface area contributed by atoms with Crippen LogP contribution in [0.5, 0.6) is 0 Å². The number of anilines is 1. The maximum Gasteiger partial charge on any atom is 0.253 e. The van der Waals surface area contributed by atoms with Crippen LogP contribution < -0.4 is 5.32 Å². The zero-order valence-corrected chi connectivity index (χ0v) is 18.4. The van der Waals surface area contributed by atoms with Crippen molar-refractivity contribution in [3.8, 4) is 0 Å². The number of benzene rings is 2. The van der Waals surface area contributed by atoms with Crippen LogP contribution in [0.1, 0.15) is 24.2 Å². The van der Waals surface area contributed by atoms with E-state index in [1.807, 2.05) is 0 Å². The second-order valence-corrected chi connectivity index (χ2v) is 9.75. The van der Waals surface area contributed by atoms with Crippen molar-refractivity contribution in [3.63, 3.8) is 0 Å². The number of piperazine rings is 1. The van der Waals surface area contributed by atoms with E-state index >= 15 is 0 Å². The van der Waals surface area contributed by atoms with E-state index in [1.54, 1.807) is 55.1 Å². The van der Waals surface area contributed by atoms with E-state index in [0.29, 0.717) is 29.4 Å². The number of carbonyl (C=O) groups is 2. The highest BCUT2D eigenvalue weighted by Gasteiger charge is 2.30. The molecule has 1 aliphatic rings. The van der Waals surface area contributed by atoms with Crippen LogP contribution in [0.3, 0.4) is 0 Å². The highest BCUT2D eigenvalue weighted by Crippen LogP contribution is 2.21. The molecule has 0 aliphatic carbocycles. The van der Waals surface area contributed by atoms with Gasteiger partial charge in [0.15, 0.2) is 0 Å². The van der Waals surface area contributed by atoms with Gasteiger partial charge in [0.1, 0.15) is 0 Å². The minimum Gasteiger partial charge on any atom is -0.336 e. The number of rotatable bonds is 5. The number of nitrogens with zero attached hydrogens (tertiary/aromatic N) is 2. The molecule has 0 radical (unpaired) electrons. The third-order valence-corrected chi connectivity index (χ3v) is 7.07. The molecule has 3 rings (SSSR count). The van der Waals surface area contributed by atoms with Crippen molar-refractivity contribution in [1.82, 2.24) is 9.21 Å². The summed E-state index contributed by atoms with van der Waals surface area (Å²) < 4.78 is 26.9. The van der Waals surface area contributed by atoms with E-state index in [2.05, 4.69) is 5.32 Å². The lowest BCUT2D eigenvalue weighted by molar-refractivity contribution is -0.118. The lowest BCUT2D eigenvalue weighted by atomic mass is 10.1. The molecule has 0 spiro atoms. The highest BCUT2D eigenvalue weighted by molar-refractivity contribution is 7.89. The first-order valence-electron chi connectivity index (χ1n) is 9.64. The van der Waals surface area contributed by atoms with Crippen molar-refractivity contribution >= 4 is 39.1 Å². The summed E-state index contributed by atoms with van der Waals surface area (Å²) in [6, 6.07) is 12.8. The number of carbonyl (C=O) groups excluding carboxylic acids is 2. The average Bonchev–Trinajstić information content (AvgIpc) is 2.74. The number of hydrogen-bond acceptors (Lipinski definition) is 4. The predicted octanol–water partition coefficient (Wildman–Crippen LogP) is 3.08. The van der Waals surface area contributed by atoms with Crippen molar-refractivity contribution in [2.45, 2.75) is 18.7 Å². The third-order valence-electron chi connectivity index (χ3n) is 4.90. The molecular formula is C21H24ClN3O4S. The van der Waals surface area contributed by atoms with Gasteiger partial charge in [-0.05, 0) is 48.5 Å². The first kappa shape index (κ1) is 22.3. The summed E-state index contributed by atoms with van der Waals surface area (Å²) >= 11 is 5.83. The fraction of sp³-hybridized carbons (Fsp3) is 0.333. The minimum absolute atomic E-state index is 0.0907. The van der Waals surface area contributed by atoms with E-state index in [1.165, 1.54) is 16.4 Å². The maximum atomic E-state index is 12.8. The van der Waals surface area contributed by atoms with Gasteiger partial charge in [0.05, 0.1) is 4.90 Å². The van der Waals surface area contributed by atoms with E-state index in [0.717, 1.165) is 0 Å². The van der Waals surface area contributed by atoms with Gasteiger partial charge in [-0.25, -0.2) is 8.42 Å². The summed E-state index contributed by atoms with van der Waals surface area (Å²) in [7, 11) is -3.62. The van der Waals surface area contributed by atoms with Crippen LogP contribution in [0, 0.1) is 5.92 Å². The Morgan fingerprint density at radius 2 is 1.50 bits per heavy atom. The van der Waals surface area contributed by atoms with Crippen LogP contribution in [-0.4, -0.2) is 55.6 Å². The Hall–Kier alpha value is -2.42. The summed E-state index contributed by atoms with van der Waals surface area (Å²) in [6.45, 7) is 4.66.